The Bertz CT molecular complexity index is 498. The van der Waals surface area contributed by atoms with E-state index in [-0.39, 0.29) is 10.6 Å². The summed E-state index contributed by atoms with van der Waals surface area (Å²) in [6.45, 7) is 5.81. The molecule has 2 N–H and O–H groups in total. The van der Waals surface area contributed by atoms with E-state index in [1.807, 2.05) is 13.0 Å². The van der Waals surface area contributed by atoms with Gasteiger partial charge in [-0.3, -0.25) is 10.1 Å². The predicted molar refractivity (Wildman–Crippen MR) is 86.9 cm³/mol. The van der Waals surface area contributed by atoms with Crippen molar-refractivity contribution in [3.05, 3.63) is 28.3 Å². The van der Waals surface area contributed by atoms with Crippen LogP contribution in [-0.4, -0.2) is 18.0 Å². The molecular weight excluding hydrogens is 266 g/mol. The summed E-state index contributed by atoms with van der Waals surface area (Å²) in [4.78, 5) is 11.1. The third-order valence-electron chi connectivity index (χ3n) is 4.18. The fourth-order valence-electron chi connectivity index (χ4n) is 2.79. The van der Waals surface area contributed by atoms with Crippen LogP contribution in [0.5, 0.6) is 0 Å². The molecular formula is C16H25N3O2. The molecule has 1 aliphatic carbocycles. The Balaban J connectivity index is 2.12. The first-order chi connectivity index (χ1) is 10.1. The van der Waals surface area contributed by atoms with Crippen molar-refractivity contribution < 1.29 is 4.92 Å². The van der Waals surface area contributed by atoms with Gasteiger partial charge in [0.15, 0.2) is 0 Å². The second kappa shape index (κ2) is 6.78. The third kappa shape index (κ3) is 3.86. The molecule has 0 aliphatic heterocycles. The lowest BCUT2D eigenvalue weighted by Gasteiger charge is -2.17. The van der Waals surface area contributed by atoms with Crippen LogP contribution in [0.1, 0.15) is 46.0 Å². The summed E-state index contributed by atoms with van der Waals surface area (Å²) in [6.07, 6.45) is 5.77. The van der Waals surface area contributed by atoms with Gasteiger partial charge in [-0.05, 0) is 43.2 Å². The van der Waals surface area contributed by atoms with E-state index < -0.39 is 0 Å². The molecule has 1 saturated carbocycles. The molecule has 0 saturated heterocycles. The topological polar surface area (TPSA) is 67.2 Å². The van der Waals surface area contributed by atoms with Crippen LogP contribution in [0.25, 0.3) is 0 Å². The van der Waals surface area contributed by atoms with Gasteiger partial charge in [-0.15, -0.1) is 0 Å². The lowest BCUT2D eigenvalue weighted by molar-refractivity contribution is -0.383. The van der Waals surface area contributed by atoms with Crippen LogP contribution >= 0.6 is 0 Å². The molecule has 2 rings (SSSR count). The van der Waals surface area contributed by atoms with Crippen molar-refractivity contribution in [3.63, 3.8) is 0 Å². The SMILES string of the molecule is CCCNc1cccc(NCC2(CCC)CC2)c1[N+](=O)[O-]. The molecule has 1 aromatic carbocycles. The molecule has 1 fully saturated rings. The van der Waals surface area contributed by atoms with Crippen molar-refractivity contribution >= 4 is 17.1 Å². The number of para-hydroxylation sites is 1. The van der Waals surface area contributed by atoms with Crippen molar-refractivity contribution in [3.8, 4) is 0 Å². The molecule has 1 aliphatic rings. The van der Waals surface area contributed by atoms with E-state index in [1.165, 1.54) is 25.7 Å². The maximum atomic E-state index is 11.4. The van der Waals surface area contributed by atoms with Gasteiger partial charge in [0.25, 0.3) is 0 Å². The Morgan fingerprint density at radius 2 is 1.86 bits per heavy atom. The zero-order chi connectivity index (χ0) is 15.3. The largest absolute Gasteiger partial charge is 0.379 e. The van der Waals surface area contributed by atoms with Gasteiger partial charge in [-0.1, -0.05) is 26.3 Å². The number of nitrogens with one attached hydrogen (secondary N) is 2. The van der Waals surface area contributed by atoms with E-state index in [4.69, 9.17) is 0 Å². The predicted octanol–water partition coefficient (Wildman–Crippen LogP) is 4.41. The van der Waals surface area contributed by atoms with E-state index in [0.29, 0.717) is 16.8 Å². The van der Waals surface area contributed by atoms with Crippen molar-refractivity contribution in [2.45, 2.75) is 46.0 Å². The van der Waals surface area contributed by atoms with Crippen LogP contribution in [0.2, 0.25) is 0 Å². The molecule has 116 valence electrons. The maximum absolute atomic E-state index is 11.4. The molecule has 5 heteroatoms. The lowest BCUT2D eigenvalue weighted by atomic mass is 10.0. The minimum Gasteiger partial charge on any atom is -0.379 e. The second-order valence-corrected chi connectivity index (χ2v) is 5.99. The number of hydrogen-bond acceptors (Lipinski definition) is 4. The fraction of sp³-hybridized carbons (Fsp3) is 0.625. The number of hydrogen-bond donors (Lipinski definition) is 2. The van der Waals surface area contributed by atoms with Crippen molar-refractivity contribution in [1.82, 2.24) is 0 Å². The molecule has 0 bridgehead atoms. The number of benzene rings is 1. The number of anilines is 2. The number of nitro groups is 1. The molecule has 1 aromatic rings. The summed E-state index contributed by atoms with van der Waals surface area (Å²) in [7, 11) is 0. The van der Waals surface area contributed by atoms with Crippen molar-refractivity contribution in [2.24, 2.45) is 5.41 Å². The summed E-state index contributed by atoms with van der Waals surface area (Å²) in [5, 5.41) is 17.9. The van der Waals surface area contributed by atoms with Crippen LogP contribution in [0.4, 0.5) is 17.1 Å². The zero-order valence-corrected chi connectivity index (χ0v) is 12.9. The Morgan fingerprint density at radius 1 is 1.19 bits per heavy atom. The van der Waals surface area contributed by atoms with E-state index in [1.54, 1.807) is 12.1 Å². The molecule has 0 aromatic heterocycles. The second-order valence-electron chi connectivity index (χ2n) is 5.99. The summed E-state index contributed by atoms with van der Waals surface area (Å²) >= 11 is 0. The highest BCUT2D eigenvalue weighted by molar-refractivity contribution is 5.76. The lowest BCUT2D eigenvalue weighted by Crippen LogP contribution is -2.16. The molecule has 5 nitrogen and oxygen atoms in total. The average Bonchev–Trinajstić information content (AvgIpc) is 3.23. The fourth-order valence-corrected chi connectivity index (χ4v) is 2.79. The highest BCUT2D eigenvalue weighted by atomic mass is 16.6. The molecule has 0 spiro atoms. The number of nitro benzene ring substituents is 1. The van der Waals surface area contributed by atoms with Gasteiger partial charge >= 0.3 is 5.69 Å². The first-order valence-corrected chi connectivity index (χ1v) is 7.87. The van der Waals surface area contributed by atoms with Gasteiger partial charge in [-0.25, -0.2) is 0 Å². The van der Waals surface area contributed by atoms with Crippen LogP contribution in [-0.2, 0) is 0 Å². The molecule has 21 heavy (non-hydrogen) atoms. The Morgan fingerprint density at radius 3 is 2.38 bits per heavy atom. The first-order valence-electron chi connectivity index (χ1n) is 7.87. The van der Waals surface area contributed by atoms with E-state index in [2.05, 4.69) is 17.6 Å². The quantitative estimate of drug-likeness (QED) is 0.522. The van der Waals surface area contributed by atoms with Gasteiger partial charge in [0, 0.05) is 13.1 Å². The minimum absolute atomic E-state index is 0.165. The maximum Gasteiger partial charge on any atom is 0.315 e. The van der Waals surface area contributed by atoms with Crippen molar-refractivity contribution in [1.29, 1.82) is 0 Å². The minimum atomic E-state index is -0.292. The van der Waals surface area contributed by atoms with Crippen LogP contribution in [0, 0.1) is 15.5 Å². The van der Waals surface area contributed by atoms with Gasteiger partial charge in [-0.2, -0.15) is 0 Å². The summed E-state index contributed by atoms with van der Waals surface area (Å²) in [5.41, 5.74) is 1.77. The van der Waals surface area contributed by atoms with Gasteiger partial charge in [0.1, 0.15) is 11.4 Å². The van der Waals surface area contributed by atoms with Crippen LogP contribution in [0.3, 0.4) is 0 Å². The monoisotopic (exact) mass is 291 g/mol. The average molecular weight is 291 g/mol. The highest BCUT2D eigenvalue weighted by Crippen LogP contribution is 2.50. The van der Waals surface area contributed by atoms with E-state index >= 15 is 0 Å². The Labute approximate surface area is 126 Å². The van der Waals surface area contributed by atoms with Gasteiger partial charge in [0.05, 0.1) is 4.92 Å². The standard InChI is InChI=1S/C16H25N3O2/c1-3-8-16(9-10-16)12-18-14-7-5-6-13(17-11-4-2)15(14)19(20)21/h5-7,17-18H,3-4,8-12H2,1-2H3. The van der Waals surface area contributed by atoms with Gasteiger partial charge < -0.3 is 10.6 Å². The molecule has 0 atom stereocenters. The number of rotatable bonds is 9. The number of nitrogens with zero attached hydrogens (tertiary/aromatic N) is 1. The summed E-state index contributed by atoms with van der Waals surface area (Å²) in [6, 6.07) is 5.45. The first kappa shape index (κ1) is 15.6. The van der Waals surface area contributed by atoms with Gasteiger partial charge in [0.2, 0.25) is 0 Å². The molecule has 0 amide bonds. The highest BCUT2D eigenvalue weighted by Gasteiger charge is 2.41. The molecule has 0 unspecified atom stereocenters. The Kier molecular flexibility index (Phi) is 5.04. The summed E-state index contributed by atoms with van der Waals surface area (Å²) < 4.78 is 0. The van der Waals surface area contributed by atoms with Crippen molar-refractivity contribution in [2.75, 3.05) is 23.7 Å². The van der Waals surface area contributed by atoms with Crippen LogP contribution < -0.4 is 10.6 Å². The van der Waals surface area contributed by atoms with E-state index in [0.717, 1.165) is 19.5 Å². The summed E-state index contributed by atoms with van der Waals surface area (Å²) in [5.74, 6) is 0. The molecule has 0 heterocycles. The Hall–Kier alpha value is -1.78. The van der Waals surface area contributed by atoms with Crippen LogP contribution in [0.15, 0.2) is 18.2 Å². The molecule has 0 radical (unpaired) electrons. The zero-order valence-electron chi connectivity index (χ0n) is 12.9. The third-order valence-corrected chi connectivity index (χ3v) is 4.18. The van der Waals surface area contributed by atoms with E-state index in [9.17, 15) is 10.1 Å². The normalized spacial score (nSPS) is 15.5. The smallest absolute Gasteiger partial charge is 0.315 e.